The van der Waals surface area contributed by atoms with Crippen LogP contribution in [0.15, 0.2) is 66.9 Å². The minimum Gasteiger partial charge on any atom is -0.444 e. The van der Waals surface area contributed by atoms with Crippen LogP contribution in [0.25, 0.3) is 10.9 Å². The first-order chi connectivity index (χ1) is 20.2. The Labute approximate surface area is 259 Å². The van der Waals surface area contributed by atoms with E-state index in [2.05, 4.69) is 63.3 Å². The normalized spacial score (nSPS) is 12.7. The summed E-state index contributed by atoms with van der Waals surface area (Å²) in [5.41, 5.74) is 6.89. The smallest absolute Gasteiger partial charge is 0.410 e. The summed E-state index contributed by atoms with van der Waals surface area (Å²) in [7, 11) is -2.08. The van der Waals surface area contributed by atoms with Gasteiger partial charge in [0.05, 0.1) is 11.2 Å². The number of anilines is 1. The number of pyridine rings is 1. The molecule has 1 N–H and O–H groups in total. The van der Waals surface area contributed by atoms with Crippen molar-refractivity contribution < 1.29 is 14.3 Å². The molecule has 0 aliphatic heterocycles. The number of carbonyl (C=O) groups is 2. The van der Waals surface area contributed by atoms with Crippen LogP contribution in [-0.4, -0.2) is 42.1 Å². The number of ether oxygens (including phenoxy) is 1. The fourth-order valence-electron chi connectivity index (χ4n) is 6.05. The van der Waals surface area contributed by atoms with E-state index in [9.17, 15) is 9.59 Å². The first-order valence-corrected chi connectivity index (χ1v) is 17.6. The number of aromatic nitrogens is 1. The van der Waals surface area contributed by atoms with Crippen LogP contribution in [0.2, 0.25) is 16.6 Å². The predicted molar refractivity (Wildman–Crippen MR) is 180 cm³/mol. The van der Waals surface area contributed by atoms with Crippen molar-refractivity contribution in [1.29, 1.82) is 0 Å². The van der Waals surface area contributed by atoms with Gasteiger partial charge in [-0.3, -0.25) is 9.78 Å². The van der Waals surface area contributed by atoms with Gasteiger partial charge in [0.25, 0.3) is 0 Å². The van der Waals surface area contributed by atoms with Gasteiger partial charge in [0.2, 0.25) is 5.91 Å². The highest BCUT2D eigenvalue weighted by Crippen LogP contribution is 2.41. The van der Waals surface area contributed by atoms with Crippen LogP contribution >= 0.6 is 0 Å². The minimum absolute atomic E-state index is 0.142. The maximum absolute atomic E-state index is 13.6. The van der Waals surface area contributed by atoms with Crippen LogP contribution in [0.4, 0.5) is 10.5 Å². The molecular formula is C36H49N3O3Si. The molecule has 1 unspecified atom stereocenters. The molecule has 0 spiro atoms. The highest BCUT2D eigenvalue weighted by Gasteiger charge is 2.42. The Kier molecular flexibility index (Phi) is 11.6. The monoisotopic (exact) mass is 599 g/mol. The first-order valence-electron chi connectivity index (χ1n) is 15.4. The Balaban J connectivity index is 2.00. The molecule has 3 rings (SSSR count). The second kappa shape index (κ2) is 14.7. The molecule has 0 aliphatic carbocycles. The second-order valence-corrected chi connectivity index (χ2v) is 18.9. The van der Waals surface area contributed by atoms with Crippen molar-refractivity contribution in [3.8, 4) is 11.5 Å². The zero-order valence-corrected chi connectivity index (χ0v) is 28.4. The summed E-state index contributed by atoms with van der Waals surface area (Å²) in [5.74, 6) is 3.03. The number of carbonyl (C=O) groups excluding carboxylic acids is 2. The number of nitrogens with zero attached hydrogens (tertiary/aromatic N) is 2. The van der Waals surface area contributed by atoms with Gasteiger partial charge in [-0.25, -0.2) is 4.79 Å². The van der Waals surface area contributed by atoms with Gasteiger partial charge in [0, 0.05) is 37.0 Å². The Morgan fingerprint density at radius 2 is 1.53 bits per heavy atom. The third kappa shape index (κ3) is 9.18. The summed E-state index contributed by atoms with van der Waals surface area (Å²) in [6, 6.07) is 19.5. The van der Waals surface area contributed by atoms with Crippen molar-refractivity contribution in [2.75, 3.05) is 11.9 Å². The Bertz CT molecular complexity index is 1410. The lowest BCUT2D eigenvalue weighted by Crippen LogP contribution is -2.44. The van der Waals surface area contributed by atoms with Gasteiger partial charge in [-0.15, -0.1) is 11.5 Å². The van der Waals surface area contributed by atoms with Crippen molar-refractivity contribution >= 4 is 36.7 Å². The second-order valence-electron chi connectivity index (χ2n) is 13.3. The first kappa shape index (κ1) is 33.9. The average Bonchev–Trinajstić information content (AvgIpc) is 2.92. The summed E-state index contributed by atoms with van der Waals surface area (Å²) in [5, 5.41) is 4.03. The van der Waals surface area contributed by atoms with Crippen molar-refractivity contribution in [1.82, 2.24) is 9.88 Å². The van der Waals surface area contributed by atoms with E-state index in [4.69, 9.17) is 4.74 Å². The molecule has 3 aromatic rings. The van der Waals surface area contributed by atoms with E-state index >= 15 is 0 Å². The summed E-state index contributed by atoms with van der Waals surface area (Å²) in [4.78, 5) is 33.3. The molecule has 0 saturated heterocycles. The van der Waals surface area contributed by atoms with Gasteiger partial charge >= 0.3 is 6.09 Å². The third-order valence-corrected chi connectivity index (χ3v) is 14.3. The molecule has 6 nitrogen and oxygen atoms in total. The fourth-order valence-corrected chi connectivity index (χ4v) is 11.4. The molecule has 1 atom stereocenters. The van der Waals surface area contributed by atoms with Crippen LogP contribution in [0, 0.1) is 17.4 Å². The molecule has 7 heteroatoms. The summed E-state index contributed by atoms with van der Waals surface area (Å²) >= 11 is 0. The lowest BCUT2D eigenvalue weighted by molar-refractivity contribution is -0.116. The molecule has 0 radical (unpaired) electrons. The molecule has 1 aromatic heterocycles. The molecule has 0 bridgehead atoms. The number of benzene rings is 2. The Morgan fingerprint density at radius 3 is 2.14 bits per heavy atom. The van der Waals surface area contributed by atoms with E-state index in [1.165, 1.54) is 0 Å². The zero-order valence-electron chi connectivity index (χ0n) is 27.4. The summed E-state index contributed by atoms with van der Waals surface area (Å²) in [6.07, 6.45) is 1.45. The quantitative estimate of drug-likeness (QED) is 0.187. The molecule has 230 valence electrons. The van der Waals surface area contributed by atoms with Crippen LogP contribution in [0.3, 0.4) is 0 Å². The molecule has 0 fully saturated rings. The van der Waals surface area contributed by atoms with E-state index in [-0.39, 0.29) is 24.8 Å². The molecule has 1 heterocycles. The highest BCUT2D eigenvalue weighted by atomic mass is 28.3. The number of fused-ring (bicyclic) bond motifs is 1. The van der Waals surface area contributed by atoms with Crippen LogP contribution in [0.1, 0.15) is 74.3 Å². The third-order valence-electron chi connectivity index (χ3n) is 8.01. The zero-order chi connectivity index (χ0) is 31.8. The van der Waals surface area contributed by atoms with Crippen molar-refractivity contribution in [3.63, 3.8) is 0 Å². The molecular weight excluding hydrogens is 551 g/mol. The van der Waals surface area contributed by atoms with Gasteiger partial charge in [-0.05, 0) is 55.1 Å². The minimum atomic E-state index is -2.08. The number of hydrogen-bond acceptors (Lipinski definition) is 4. The largest absolute Gasteiger partial charge is 0.444 e. The van der Waals surface area contributed by atoms with Crippen molar-refractivity contribution in [3.05, 3.63) is 72.4 Å². The van der Waals surface area contributed by atoms with Crippen LogP contribution < -0.4 is 5.32 Å². The lowest BCUT2D eigenvalue weighted by atomic mass is 10.0. The standard InChI is InChI=1S/C36H49N3O3Si/c1-26(2)43(27(3)4,28(5)6)22-20-30(23-33(40)38-32-19-13-17-31-18-14-21-37-34(31)32)25-39(35(41)42-36(7,8)9)24-29-15-11-10-12-16-29/h10-19,21,26-28,30H,23-25H2,1-9H3,(H,38,40). The number of amides is 2. The van der Waals surface area contributed by atoms with Crippen molar-refractivity contribution in [2.45, 2.75) is 97.5 Å². The van der Waals surface area contributed by atoms with E-state index < -0.39 is 19.8 Å². The summed E-state index contributed by atoms with van der Waals surface area (Å²) in [6.45, 7) is 19.9. The number of para-hydroxylation sites is 1. The average molecular weight is 600 g/mol. The van der Waals surface area contributed by atoms with Gasteiger partial charge in [0.15, 0.2) is 0 Å². The van der Waals surface area contributed by atoms with E-state index in [1.54, 1.807) is 11.1 Å². The maximum atomic E-state index is 13.6. The maximum Gasteiger partial charge on any atom is 0.410 e. The summed E-state index contributed by atoms with van der Waals surface area (Å²) < 4.78 is 5.82. The number of rotatable bonds is 10. The van der Waals surface area contributed by atoms with Gasteiger partial charge in [-0.2, -0.15) is 0 Å². The molecule has 0 aliphatic rings. The van der Waals surface area contributed by atoms with Gasteiger partial charge in [0.1, 0.15) is 13.7 Å². The molecule has 2 amide bonds. The van der Waals surface area contributed by atoms with E-state index in [0.29, 0.717) is 28.9 Å². The number of nitrogens with one attached hydrogen (secondary N) is 1. The number of hydrogen-bond donors (Lipinski definition) is 1. The van der Waals surface area contributed by atoms with E-state index in [1.807, 2.05) is 81.4 Å². The Hall–Kier alpha value is -3.63. The van der Waals surface area contributed by atoms with Crippen molar-refractivity contribution in [2.24, 2.45) is 5.92 Å². The van der Waals surface area contributed by atoms with Crippen LogP contribution in [-0.2, 0) is 16.1 Å². The predicted octanol–water partition coefficient (Wildman–Crippen LogP) is 8.84. The van der Waals surface area contributed by atoms with Gasteiger partial charge < -0.3 is 15.0 Å². The molecule has 2 aromatic carbocycles. The Morgan fingerprint density at radius 1 is 0.907 bits per heavy atom. The van der Waals surface area contributed by atoms with Gasteiger partial charge in [-0.1, -0.05) is 90.1 Å². The topological polar surface area (TPSA) is 71.5 Å². The molecule has 43 heavy (non-hydrogen) atoms. The molecule has 0 saturated carbocycles. The van der Waals surface area contributed by atoms with E-state index in [0.717, 1.165) is 16.5 Å². The fraction of sp³-hybridized carbons (Fsp3) is 0.472. The SMILES string of the molecule is CC(C)[Si](C#CC(CC(=O)Nc1cccc2cccnc12)CN(Cc1ccccc1)C(=O)OC(C)(C)C)(C(C)C)C(C)C. The highest BCUT2D eigenvalue weighted by molar-refractivity contribution is 6.90. The van der Waals surface area contributed by atoms with Crippen LogP contribution in [0.5, 0.6) is 0 Å². The lowest BCUT2D eigenvalue weighted by Gasteiger charge is -2.38.